The van der Waals surface area contributed by atoms with Crippen molar-refractivity contribution in [3.8, 4) is 0 Å². The number of likely N-dealkylation sites (tertiary alicyclic amines) is 1. The number of carbonyl (C=O) groups excluding carboxylic acids is 1. The number of carbonyl (C=O) groups is 1. The molecule has 6 heteroatoms. The van der Waals surface area contributed by atoms with Crippen LogP contribution < -0.4 is 0 Å². The molecule has 1 atom stereocenters. The summed E-state index contributed by atoms with van der Waals surface area (Å²) < 4.78 is 1.79. The van der Waals surface area contributed by atoms with Gasteiger partial charge in [-0.2, -0.15) is 5.10 Å². The predicted molar refractivity (Wildman–Crippen MR) is 87.3 cm³/mol. The van der Waals surface area contributed by atoms with Crippen LogP contribution in [0.25, 0.3) is 0 Å². The summed E-state index contributed by atoms with van der Waals surface area (Å²) in [6.07, 6.45) is 6.65. The molecule has 1 saturated heterocycles. The van der Waals surface area contributed by atoms with Crippen molar-refractivity contribution in [2.45, 2.75) is 45.6 Å². The van der Waals surface area contributed by atoms with Crippen molar-refractivity contribution in [3.63, 3.8) is 0 Å². The zero-order valence-electron chi connectivity index (χ0n) is 13.2. The molecule has 2 aromatic heterocycles. The van der Waals surface area contributed by atoms with Crippen LogP contribution in [0.5, 0.6) is 0 Å². The SMILES string of the molecule is CCc1csc([C@@H]2CCCN(C(=O)c3cnn(CC)c3)C2)n1. The zero-order chi connectivity index (χ0) is 15.5. The molecule has 3 heterocycles. The molecule has 1 aliphatic heterocycles. The van der Waals surface area contributed by atoms with Crippen molar-refractivity contribution in [3.05, 3.63) is 34.0 Å². The predicted octanol–water partition coefficient (Wildman–Crippen LogP) is 2.94. The number of thiazole rings is 1. The van der Waals surface area contributed by atoms with Crippen LogP contribution in [0.2, 0.25) is 0 Å². The van der Waals surface area contributed by atoms with E-state index < -0.39 is 0 Å². The van der Waals surface area contributed by atoms with Crippen LogP contribution >= 0.6 is 11.3 Å². The number of amides is 1. The van der Waals surface area contributed by atoms with Gasteiger partial charge in [-0.1, -0.05) is 6.92 Å². The number of hydrogen-bond donors (Lipinski definition) is 0. The number of rotatable bonds is 4. The highest BCUT2D eigenvalue weighted by molar-refractivity contribution is 7.09. The topological polar surface area (TPSA) is 51.0 Å². The van der Waals surface area contributed by atoms with Crippen LogP contribution in [0.3, 0.4) is 0 Å². The molecule has 118 valence electrons. The van der Waals surface area contributed by atoms with E-state index in [9.17, 15) is 4.79 Å². The van der Waals surface area contributed by atoms with Gasteiger partial charge in [0, 0.05) is 37.1 Å². The van der Waals surface area contributed by atoms with Gasteiger partial charge in [0.2, 0.25) is 0 Å². The fourth-order valence-corrected chi connectivity index (χ4v) is 3.90. The Morgan fingerprint density at radius 2 is 2.32 bits per heavy atom. The van der Waals surface area contributed by atoms with E-state index >= 15 is 0 Å². The summed E-state index contributed by atoms with van der Waals surface area (Å²) in [5, 5.41) is 7.52. The Hall–Kier alpha value is -1.69. The van der Waals surface area contributed by atoms with Gasteiger partial charge in [0.25, 0.3) is 5.91 Å². The third kappa shape index (κ3) is 3.06. The Morgan fingerprint density at radius 3 is 3.00 bits per heavy atom. The summed E-state index contributed by atoms with van der Waals surface area (Å²) >= 11 is 1.73. The largest absolute Gasteiger partial charge is 0.338 e. The van der Waals surface area contributed by atoms with Gasteiger partial charge in [-0.25, -0.2) is 4.98 Å². The van der Waals surface area contributed by atoms with E-state index in [-0.39, 0.29) is 5.91 Å². The molecule has 22 heavy (non-hydrogen) atoms. The van der Waals surface area contributed by atoms with E-state index in [1.807, 2.05) is 18.0 Å². The minimum Gasteiger partial charge on any atom is -0.338 e. The highest BCUT2D eigenvalue weighted by Crippen LogP contribution is 2.30. The Kier molecular flexibility index (Phi) is 4.57. The number of nitrogens with zero attached hydrogens (tertiary/aromatic N) is 4. The van der Waals surface area contributed by atoms with E-state index in [1.165, 1.54) is 5.01 Å². The first-order chi connectivity index (χ1) is 10.7. The summed E-state index contributed by atoms with van der Waals surface area (Å²) in [6, 6.07) is 0. The first-order valence-corrected chi connectivity index (χ1v) is 8.85. The second kappa shape index (κ2) is 6.60. The lowest BCUT2D eigenvalue weighted by Gasteiger charge is -2.31. The van der Waals surface area contributed by atoms with Crippen molar-refractivity contribution in [2.75, 3.05) is 13.1 Å². The minimum absolute atomic E-state index is 0.0941. The molecule has 0 bridgehead atoms. The number of aromatic nitrogens is 3. The molecule has 1 amide bonds. The third-order valence-electron chi connectivity index (χ3n) is 4.19. The van der Waals surface area contributed by atoms with Gasteiger partial charge in [-0.3, -0.25) is 9.48 Å². The normalized spacial score (nSPS) is 18.6. The molecule has 0 unspecified atom stereocenters. The van der Waals surface area contributed by atoms with Crippen LogP contribution in [0.1, 0.15) is 53.7 Å². The fourth-order valence-electron chi connectivity index (χ4n) is 2.87. The van der Waals surface area contributed by atoms with E-state index in [1.54, 1.807) is 22.2 Å². The maximum absolute atomic E-state index is 12.6. The summed E-state index contributed by atoms with van der Waals surface area (Å²) in [4.78, 5) is 19.3. The van der Waals surface area contributed by atoms with Gasteiger partial charge in [0.1, 0.15) is 0 Å². The summed E-state index contributed by atoms with van der Waals surface area (Å²) in [6.45, 7) is 6.53. The zero-order valence-corrected chi connectivity index (χ0v) is 14.0. The quantitative estimate of drug-likeness (QED) is 0.871. The van der Waals surface area contributed by atoms with Crippen molar-refractivity contribution in [1.29, 1.82) is 0 Å². The van der Waals surface area contributed by atoms with Gasteiger partial charge < -0.3 is 4.90 Å². The Morgan fingerprint density at radius 1 is 1.45 bits per heavy atom. The molecule has 0 aromatic carbocycles. The molecule has 0 radical (unpaired) electrons. The van der Waals surface area contributed by atoms with Gasteiger partial charge in [0.05, 0.1) is 22.5 Å². The van der Waals surface area contributed by atoms with E-state index in [0.717, 1.165) is 44.6 Å². The fraction of sp³-hybridized carbons (Fsp3) is 0.562. The van der Waals surface area contributed by atoms with Crippen LogP contribution in [0, 0.1) is 0 Å². The molecular weight excluding hydrogens is 296 g/mol. The first-order valence-electron chi connectivity index (χ1n) is 7.97. The lowest BCUT2D eigenvalue weighted by Crippen LogP contribution is -2.39. The molecule has 0 aliphatic carbocycles. The Balaban J connectivity index is 1.70. The van der Waals surface area contributed by atoms with Crippen LogP contribution in [0.15, 0.2) is 17.8 Å². The van der Waals surface area contributed by atoms with Gasteiger partial charge in [-0.05, 0) is 26.2 Å². The molecule has 0 saturated carbocycles. The van der Waals surface area contributed by atoms with Gasteiger partial charge >= 0.3 is 0 Å². The molecule has 1 aliphatic rings. The summed E-state index contributed by atoms with van der Waals surface area (Å²) in [5.41, 5.74) is 1.85. The van der Waals surface area contributed by atoms with Crippen LogP contribution in [-0.4, -0.2) is 38.7 Å². The number of aryl methyl sites for hydroxylation is 2. The Labute approximate surface area is 135 Å². The van der Waals surface area contributed by atoms with E-state index in [4.69, 9.17) is 4.98 Å². The van der Waals surface area contributed by atoms with Gasteiger partial charge in [0.15, 0.2) is 0 Å². The van der Waals surface area contributed by atoms with Crippen molar-refractivity contribution in [2.24, 2.45) is 0 Å². The highest BCUT2D eigenvalue weighted by Gasteiger charge is 2.27. The summed E-state index contributed by atoms with van der Waals surface area (Å²) in [7, 11) is 0. The van der Waals surface area contributed by atoms with Crippen molar-refractivity contribution in [1.82, 2.24) is 19.7 Å². The van der Waals surface area contributed by atoms with E-state index in [2.05, 4.69) is 17.4 Å². The smallest absolute Gasteiger partial charge is 0.257 e. The maximum Gasteiger partial charge on any atom is 0.257 e. The monoisotopic (exact) mass is 318 g/mol. The number of hydrogen-bond acceptors (Lipinski definition) is 4. The first kappa shape index (κ1) is 15.2. The second-order valence-electron chi connectivity index (χ2n) is 5.71. The maximum atomic E-state index is 12.6. The van der Waals surface area contributed by atoms with Crippen LogP contribution in [-0.2, 0) is 13.0 Å². The lowest BCUT2D eigenvalue weighted by atomic mass is 9.98. The standard InChI is InChI=1S/C16H22N4OS/c1-3-14-11-22-15(18-14)12-6-5-7-19(9-12)16(21)13-8-17-20(4-2)10-13/h8,10-12H,3-7,9H2,1-2H3/t12-/m1/s1. The molecule has 0 N–H and O–H groups in total. The molecule has 0 spiro atoms. The average molecular weight is 318 g/mol. The third-order valence-corrected chi connectivity index (χ3v) is 5.25. The average Bonchev–Trinajstić information content (AvgIpc) is 3.23. The van der Waals surface area contributed by atoms with E-state index in [0.29, 0.717) is 11.5 Å². The summed E-state index contributed by atoms with van der Waals surface area (Å²) in [5.74, 6) is 0.473. The second-order valence-corrected chi connectivity index (χ2v) is 6.60. The highest BCUT2D eigenvalue weighted by atomic mass is 32.1. The number of piperidine rings is 1. The molecule has 1 fully saturated rings. The van der Waals surface area contributed by atoms with Crippen LogP contribution in [0.4, 0.5) is 0 Å². The van der Waals surface area contributed by atoms with Crippen molar-refractivity contribution >= 4 is 17.2 Å². The van der Waals surface area contributed by atoms with Gasteiger partial charge in [-0.15, -0.1) is 11.3 Å². The molecule has 3 rings (SSSR count). The lowest BCUT2D eigenvalue weighted by molar-refractivity contribution is 0.0707. The molecule has 2 aromatic rings. The van der Waals surface area contributed by atoms with Crippen molar-refractivity contribution < 1.29 is 4.79 Å². The molecule has 5 nitrogen and oxygen atoms in total. The minimum atomic E-state index is 0.0941. The Bertz CT molecular complexity index is 648. The molecular formula is C16H22N4OS.